The fourth-order valence-corrected chi connectivity index (χ4v) is 4.52. The molecule has 2 aliphatic rings. The molecule has 7 heteroatoms. The van der Waals surface area contributed by atoms with Gasteiger partial charge in [0.05, 0.1) is 31.4 Å². The van der Waals surface area contributed by atoms with E-state index in [0.29, 0.717) is 11.6 Å². The maximum Gasteiger partial charge on any atom is 0.337 e. The third-order valence-electron chi connectivity index (χ3n) is 6.23. The lowest BCUT2D eigenvalue weighted by molar-refractivity contribution is -0.0502. The SMILES string of the molecule is CN=C(NCCc1ccc(C(=O)OC)cc1)N1CC2OCCN(Cc3ccccc3)C2C1. The number of fused-ring (bicyclic) bond motifs is 1. The zero-order chi connectivity index (χ0) is 22.3. The number of likely N-dealkylation sites (tertiary alicyclic amines) is 1. The van der Waals surface area contributed by atoms with E-state index in [1.54, 1.807) is 12.1 Å². The van der Waals surface area contributed by atoms with Gasteiger partial charge in [0.15, 0.2) is 5.96 Å². The van der Waals surface area contributed by atoms with Crippen molar-refractivity contribution in [2.24, 2.45) is 4.99 Å². The zero-order valence-corrected chi connectivity index (χ0v) is 18.9. The van der Waals surface area contributed by atoms with Gasteiger partial charge < -0.3 is 19.7 Å². The fraction of sp³-hybridized carbons (Fsp3) is 0.440. The molecule has 2 unspecified atom stereocenters. The zero-order valence-electron chi connectivity index (χ0n) is 18.9. The van der Waals surface area contributed by atoms with Gasteiger partial charge in [-0.1, -0.05) is 42.5 Å². The number of ether oxygens (including phenoxy) is 2. The number of nitrogens with one attached hydrogen (secondary N) is 1. The molecule has 2 heterocycles. The molecule has 32 heavy (non-hydrogen) atoms. The molecule has 2 aromatic carbocycles. The molecule has 0 aliphatic carbocycles. The number of benzene rings is 2. The molecule has 0 amide bonds. The number of carbonyl (C=O) groups excluding carboxylic acids is 1. The van der Waals surface area contributed by atoms with Crippen molar-refractivity contribution in [3.05, 3.63) is 71.3 Å². The van der Waals surface area contributed by atoms with E-state index in [4.69, 9.17) is 9.47 Å². The van der Waals surface area contributed by atoms with Gasteiger partial charge in [-0.25, -0.2) is 4.79 Å². The minimum atomic E-state index is -0.311. The van der Waals surface area contributed by atoms with Gasteiger partial charge in [0.2, 0.25) is 0 Å². The Hall–Kier alpha value is -2.90. The van der Waals surface area contributed by atoms with Gasteiger partial charge in [0.1, 0.15) is 0 Å². The van der Waals surface area contributed by atoms with Crippen LogP contribution < -0.4 is 5.32 Å². The molecule has 0 radical (unpaired) electrons. The number of nitrogens with zero attached hydrogens (tertiary/aromatic N) is 3. The Bertz CT molecular complexity index is 917. The highest BCUT2D eigenvalue weighted by Crippen LogP contribution is 2.24. The van der Waals surface area contributed by atoms with Crippen molar-refractivity contribution in [2.45, 2.75) is 25.1 Å². The first kappa shape index (κ1) is 22.3. The molecule has 2 saturated heterocycles. The molecule has 1 N–H and O–H groups in total. The number of rotatable bonds is 6. The van der Waals surface area contributed by atoms with Crippen LogP contribution >= 0.6 is 0 Å². The van der Waals surface area contributed by atoms with E-state index in [2.05, 4.69) is 50.4 Å². The Morgan fingerprint density at radius 1 is 1.12 bits per heavy atom. The van der Waals surface area contributed by atoms with Crippen LogP contribution in [0, 0.1) is 0 Å². The first-order valence-electron chi connectivity index (χ1n) is 11.2. The first-order chi connectivity index (χ1) is 15.7. The van der Waals surface area contributed by atoms with E-state index in [1.807, 2.05) is 19.2 Å². The number of morpholine rings is 1. The Kier molecular flexibility index (Phi) is 7.39. The van der Waals surface area contributed by atoms with Crippen LogP contribution in [0.4, 0.5) is 0 Å². The first-order valence-corrected chi connectivity index (χ1v) is 11.2. The highest BCUT2D eigenvalue weighted by molar-refractivity contribution is 5.89. The van der Waals surface area contributed by atoms with E-state index >= 15 is 0 Å². The van der Waals surface area contributed by atoms with Crippen molar-refractivity contribution >= 4 is 11.9 Å². The number of carbonyl (C=O) groups is 1. The summed E-state index contributed by atoms with van der Waals surface area (Å²) in [5.41, 5.74) is 3.07. The lowest BCUT2D eigenvalue weighted by Gasteiger charge is -2.36. The van der Waals surface area contributed by atoms with Gasteiger partial charge in [-0.3, -0.25) is 9.89 Å². The minimum absolute atomic E-state index is 0.205. The molecule has 7 nitrogen and oxygen atoms in total. The highest BCUT2D eigenvalue weighted by atomic mass is 16.5. The molecule has 170 valence electrons. The van der Waals surface area contributed by atoms with Crippen molar-refractivity contribution in [3.8, 4) is 0 Å². The van der Waals surface area contributed by atoms with Crippen molar-refractivity contribution in [1.82, 2.24) is 15.1 Å². The third kappa shape index (κ3) is 5.29. The molecule has 0 aromatic heterocycles. The predicted octanol–water partition coefficient (Wildman–Crippen LogP) is 2.18. The predicted molar refractivity (Wildman–Crippen MR) is 125 cm³/mol. The summed E-state index contributed by atoms with van der Waals surface area (Å²) < 4.78 is 10.9. The van der Waals surface area contributed by atoms with E-state index in [1.165, 1.54) is 12.7 Å². The van der Waals surface area contributed by atoms with Gasteiger partial charge >= 0.3 is 5.97 Å². The second-order valence-corrected chi connectivity index (χ2v) is 8.25. The Morgan fingerprint density at radius 3 is 2.62 bits per heavy atom. The summed E-state index contributed by atoms with van der Waals surface area (Å²) in [6, 6.07) is 18.6. The van der Waals surface area contributed by atoms with Crippen LogP contribution in [0.1, 0.15) is 21.5 Å². The Morgan fingerprint density at radius 2 is 1.91 bits per heavy atom. The van der Waals surface area contributed by atoms with Crippen LogP contribution in [0.25, 0.3) is 0 Å². The number of hydrogen-bond acceptors (Lipinski definition) is 5. The number of guanidine groups is 1. The lowest BCUT2D eigenvalue weighted by atomic mass is 10.1. The molecule has 2 fully saturated rings. The lowest BCUT2D eigenvalue weighted by Crippen LogP contribution is -2.50. The van der Waals surface area contributed by atoms with Gasteiger partial charge in [-0.15, -0.1) is 0 Å². The average molecular weight is 437 g/mol. The highest BCUT2D eigenvalue weighted by Gasteiger charge is 2.41. The van der Waals surface area contributed by atoms with Crippen LogP contribution in [-0.2, 0) is 22.4 Å². The van der Waals surface area contributed by atoms with Gasteiger partial charge in [-0.05, 0) is 29.7 Å². The normalized spacial score (nSPS) is 21.3. The second kappa shape index (κ2) is 10.6. The van der Waals surface area contributed by atoms with Crippen LogP contribution in [0.5, 0.6) is 0 Å². The minimum Gasteiger partial charge on any atom is -0.465 e. The maximum atomic E-state index is 11.6. The summed E-state index contributed by atoms with van der Waals surface area (Å²) in [7, 11) is 3.23. The van der Waals surface area contributed by atoms with E-state index in [9.17, 15) is 4.79 Å². The summed E-state index contributed by atoms with van der Waals surface area (Å²) in [4.78, 5) is 20.9. The topological polar surface area (TPSA) is 66.4 Å². The second-order valence-electron chi connectivity index (χ2n) is 8.25. The fourth-order valence-electron chi connectivity index (χ4n) is 4.52. The molecule has 2 aromatic rings. The van der Waals surface area contributed by atoms with E-state index < -0.39 is 0 Å². The largest absolute Gasteiger partial charge is 0.465 e. The molecule has 0 spiro atoms. The summed E-state index contributed by atoms with van der Waals surface area (Å²) >= 11 is 0. The number of hydrogen-bond donors (Lipinski definition) is 1. The number of aliphatic imine (C=N–C) groups is 1. The molecule has 0 saturated carbocycles. The maximum absolute atomic E-state index is 11.6. The van der Waals surface area contributed by atoms with Crippen molar-refractivity contribution < 1.29 is 14.3 Å². The molecule has 2 aliphatic heterocycles. The van der Waals surface area contributed by atoms with E-state index in [-0.39, 0.29) is 12.1 Å². The monoisotopic (exact) mass is 436 g/mol. The van der Waals surface area contributed by atoms with Crippen LogP contribution in [0.15, 0.2) is 59.6 Å². The number of esters is 1. The quantitative estimate of drug-likeness (QED) is 0.425. The van der Waals surface area contributed by atoms with Gasteiger partial charge in [0, 0.05) is 39.8 Å². The van der Waals surface area contributed by atoms with Crippen molar-refractivity contribution in [3.63, 3.8) is 0 Å². The number of methoxy groups -OCH3 is 1. The van der Waals surface area contributed by atoms with Crippen molar-refractivity contribution in [1.29, 1.82) is 0 Å². The Labute approximate surface area is 190 Å². The Balaban J connectivity index is 1.30. The molecule has 4 rings (SSSR count). The molecular formula is C25H32N4O3. The van der Waals surface area contributed by atoms with Crippen LogP contribution in [-0.4, -0.2) is 80.8 Å². The van der Waals surface area contributed by atoms with Gasteiger partial charge in [-0.2, -0.15) is 0 Å². The summed E-state index contributed by atoms with van der Waals surface area (Å²) in [5, 5.41) is 3.49. The summed E-state index contributed by atoms with van der Waals surface area (Å²) in [6.45, 7) is 5.21. The van der Waals surface area contributed by atoms with Crippen LogP contribution in [0.2, 0.25) is 0 Å². The van der Waals surface area contributed by atoms with Crippen molar-refractivity contribution in [2.75, 3.05) is 46.9 Å². The standard InChI is InChI=1S/C25H32N4O3/c1-26-25(27-13-12-19-8-10-21(11-9-19)24(30)31-2)29-17-22-23(18-29)32-15-14-28(22)16-20-6-4-3-5-7-20/h3-11,22-23H,12-18H2,1-2H3,(H,26,27). The van der Waals surface area contributed by atoms with Crippen LogP contribution in [0.3, 0.4) is 0 Å². The summed E-state index contributed by atoms with van der Waals surface area (Å²) in [6.07, 6.45) is 1.05. The molecular weight excluding hydrogens is 404 g/mol. The average Bonchev–Trinajstić information content (AvgIpc) is 3.27. The smallest absolute Gasteiger partial charge is 0.337 e. The summed E-state index contributed by atoms with van der Waals surface area (Å²) in [5.74, 6) is 0.600. The van der Waals surface area contributed by atoms with E-state index in [0.717, 1.165) is 57.3 Å². The van der Waals surface area contributed by atoms with Gasteiger partial charge in [0.25, 0.3) is 0 Å². The third-order valence-corrected chi connectivity index (χ3v) is 6.23. The molecule has 0 bridgehead atoms. The molecule has 2 atom stereocenters.